The van der Waals surface area contributed by atoms with Crippen LogP contribution < -0.4 is 19.5 Å². The molecule has 0 radical (unpaired) electrons. The van der Waals surface area contributed by atoms with E-state index in [1.807, 2.05) is 60.7 Å². The van der Waals surface area contributed by atoms with Gasteiger partial charge in [0.15, 0.2) is 11.5 Å². The molecule has 1 heterocycles. The van der Waals surface area contributed by atoms with Gasteiger partial charge in [-0.1, -0.05) is 54.6 Å². The number of benzene rings is 3. The molecule has 5 heteroatoms. The predicted octanol–water partition coefficient (Wildman–Crippen LogP) is 4.21. The van der Waals surface area contributed by atoms with E-state index < -0.39 is 0 Å². The molecule has 0 saturated carbocycles. The zero-order valence-corrected chi connectivity index (χ0v) is 17.1. The van der Waals surface area contributed by atoms with Crippen LogP contribution in [0, 0.1) is 0 Å². The summed E-state index contributed by atoms with van der Waals surface area (Å²) in [4.78, 5) is 0. The van der Waals surface area contributed by atoms with Gasteiger partial charge in [0.2, 0.25) is 6.79 Å². The van der Waals surface area contributed by atoms with Gasteiger partial charge in [-0.3, -0.25) is 0 Å². The van der Waals surface area contributed by atoms with Crippen molar-refractivity contribution in [2.75, 3.05) is 6.79 Å². The van der Waals surface area contributed by atoms with Gasteiger partial charge >= 0.3 is 0 Å². The summed E-state index contributed by atoms with van der Waals surface area (Å²) < 4.78 is 17.0. The first kappa shape index (κ1) is 20.3. The van der Waals surface area contributed by atoms with Gasteiger partial charge in [-0.25, -0.2) is 0 Å². The third-order valence-corrected chi connectivity index (χ3v) is 5.19. The molecular weight excluding hydrogens is 378 g/mol. The van der Waals surface area contributed by atoms with E-state index in [4.69, 9.17) is 14.2 Å². The van der Waals surface area contributed by atoms with E-state index in [0.717, 1.165) is 40.4 Å². The molecule has 3 aromatic rings. The van der Waals surface area contributed by atoms with E-state index in [9.17, 15) is 5.11 Å². The maximum Gasteiger partial charge on any atom is 0.231 e. The summed E-state index contributed by atoms with van der Waals surface area (Å²) in [5, 5.41) is 13.3. The fourth-order valence-corrected chi connectivity index (χ4v) is 3.59. The van der Waals surface area contributed by atoms with Crippen molar-refractivity contribution in [3.05, 3.63) is 89.0 Å². The second kappa shape index (κ2) is 9.65. The minimum Gasteiger partial charge on any atom is -0.488 e. The van der Waals surface area contributed by atoms with E-state index in [-0.39, 0.29) is 12.6 Å². The van der Waals surface area contributed by atoms with E-state index in [2.05, 4.69) is 18.3 Å². The summed E-state index contributed by atoms with van der Waals surface area (Å²) in [6.45, 7) is 3.52. The number of para-hydroxylation sites is 1. The smallest absolute Gasteiger partial charge is 0.231 e. The fraction of sp³-hybridized carbons (Fsp3) is 0.280. The number of hydrogen-bond acceptors (Lipinski definition) is 5. The van der Waals surface area contributed by atoms with Gasteiger partial charge in [-0.15, -0.1) is 0 Å². The Kier molecular flexibility index (Phi) is 6.52. The van der Waals surface area contributed by atoms with Crippen LogP contribution in [0.25, 0.3) is 0 Å². The standard InChI is InChI=1S/C25H27NO4/c1-18(12-20-10-11-23-24(13-20)30-17-29-23)26-14-21-8-5-9-22(15-27)25(21)28-16-19-6-3-2-4-7-19/h2-11,13,18,26-27H,12,14-17H2,1H3. The molecule has 1 aliphatic heterocycles. The minimum atomic E-state index is -0.0509. The molecule has 1 aliphatic rings. The Morgan fingerprint density at radius 1 is 0.933 bits per heavy atom. The Hall–Kier alpha value is -3.02. The number of fused-ring (bicyclic) bond motifs is 1. The fourth-order valence-electron chi connectivity index (χ4n) is 3.59. The highest BCUT2D eigenvalue weighted by molar-refractivity contribution is 5.45. The van der Waals surface area contributed by atoms with Crippen LogP contribution in [0.5, 0.6) is 17.2 Å². The SMILES string of the molecule is CC(Cc1ccc2c(c1)OCO2)NCc1cccc(CO)c1OCc1ccccc1. The van der Waals surface area contributed by atoms with Gasteiger partial charge in [0.1, 0.15) is 12.4 Å². The average Bonchev–Trinajstić information content (AvgIpc) is 3.25. The van der Waals surface area contributed by atoms with Crippen molar-refractivity contribution in [1.29, 1.82) is 0 Å². The molecule has 0 fully saturated rings. The van der Waals surface area contributed by atoms with Crippen molar-refractivity contribution >= 4 is 0 Å². The van der Waals surface area contributed by atoms with Gasteiger partial charge in [-0.05, 0) is 36.6 Å². The number of nitrogens with one attached hydrogen (secondary N) is 1. The first-order chi connectivity index (χ1) is 14.7. The van der Waals surface area contributed by atoms with E-state index >= 15 is 0 Å². The molecular formula is C25H27NO4. The molecule has 1 atom stereocenters. The van der Waals surface area contributed by atoms with Crippen molar-refractivity contribution in [3.8, 4) is 17.2 Å². The minimum absolute atomic E-state index is 0.0509. The molecule has 3 aromatic carbocycles. The molecule has 0 spiro atoms. The van der Waals surface area contributed by atoms with Crippen LogP contribution in [0.2, 0.25) is 0 Å². The average molecular weight is 405 g/mol. The Balaban J connectivity index is 1.39. The maximum absolute atomic E-state index is 9.77. The summed E-state index contributed by atoms with van der Waals surface area (Å²) in [7, 11) is 0. The number of aliphatic hydroxyl groups is 1. The monoisotopic (exact) mass is 405 g/mol. The third-order valence-electron chi connectivity index (χ3n) is 5.19. The van der Waals surface area contributed by atoms with Crippen LogP contribution in [0.1, 0.15) is 29.2 Å². The molecule has 0 aromatic heterocycles. The molecule has 5 nitrogen and oxygen atoms in total. The van der Waals surface area contributed by atoms with Gasteiger partial charge in [0, 0.05) is 23.7 Å². The van der Waals surface area contributed by atoms with E-state index in [0.29, 0.717) is 19.9 Å². The highest BCUT2D eigenvalue weighted by atomic mass is 16.7. The van der Waals surface area contributed by atoms with Crippen molar-refractivity contribution in [2.45, 2.75) is 39.1 Å². The van der Waals surface area contributed by atoms with Gasteiger partial charge < -0.3 is 24.6 Å². The second-order valence-electron chi connectivity index (χ2n) is 7.51. The first-order valence-electron chi connectivity index (χ1n) is 10.2. The quantitative estimate of drug-likeness (QED) is 0.559. The largest absolute Gasteiger partial charge is 0.488 e. The zero-order chi connectivity index (χ0) is 20.8. The van der Waals surface area contributed by atoms with Crippen molar-refractivity contribution in [2.24, 2.45) is 0 Å². The van der Waals surface area contributed by atoms with Crippen molar-refractivity contribution < 1.29 is 19.3 Å². The Morgan fingerprint density at radius 2 is 1.73 bits per heavy atom. The molecule has 0 amide bonds. The molecule has 4 rings (SSSR count). The highest BCUT2D eigenvalue weighted by Gasteiger charge is 2.15. The topological polar surface area (TPSA) is 60.0 Å². The lowest BCUT2D eigenvalue weighted by atomic mass is 10.1. The molecule has 1 unspecified atom stereocenters. The van der Waals surface area contributed by atoms with Crippen LogP contribution in [0.15, 0.2) is 66.7 Å². The first-order valence-corrected chi connectivity index (χ1v) is 10.2. The summed E-state index contributed by atoms with van der Waals surface area (Å²) >= 11 is 0. The highest BCUT2D eigenvalue weighted by Crippen LogP contribution is 2.33. The van der Waals surface area contributed by atoms with E-state index in [1.165, 1.54) is 5.56 Å². The zero-order valence-electron chi connectivity index (χ0n) is 17.1. The van der Waals surface area contributed by atoms with Crippen molar-refractivity contribution in [1.82, 2.24) is 5.32 Å². The molecule has 0 saturated heterocycles. The number of hydrogen-bond donors (Lipinski definition) is 2. The van der Waals surface area contributed by atoms with Crippen LogP contribution in [-0.2, 0) is 26.2 Å². The second-order valence-corrected chi connectivity index (χ2v) is 7.51. The van der Waals surface area contributed by atoms with Gasteiger partial charge in [0.25, 0.3) is 0 Å². The Labute approximate surface area is 177 Å². The van der Waals surface area contributed by atoms with Crippen LogP contribution in [-0.4, -0.2) is 17.9 Å². The number of rotatable bonds is 9. The van der Waals surface area contributed by atoms with Crippen LogP contribution in [0.4, 0.5) is 0 Å². The van der Waals surface area contributed by atoms with Crippen LogP contribution in [0.3, 0.4) is 0 Å². The lowest BCUT2D eigenvalue weighted by molar-refractivity contribution is 0.174. The van der Waals surface area contributed by atoms with Gasteiger partial charge in [-0.2, -0.15) is 0 Å². The molecule has 2 N–H and O–H groups in total. The Bertz CT molecular complexity index is 974. The molecule has 0 bridgehead atoms. The predicted molar refractivity (Wildman–Crippen MR) is 116 cm³/mol. The summed E-state index contributed by atoms with van der Waals surface area (Å²) in [6.07, 6.45) is 0.872. The molecule has 30 heavy (non-hydrogen) atoms. The van der Waals surface area contributed by atoms with Crippen molar-refractivity contribution in [3.63, 3.8) is 0 Å². The third kappa shape index (κ3) is 4.93. The number of ether oxygens (including phenoxy) is 3. The van der Waals surface area contributed by atoms with Gasteiger partial charge in [0.05, 0.1) is 6.61 Å². The summed E-state index contributed by atoms with van der Waals surface area (Å²) in [5.41, 5.74) is 4.13. The van der Waals surface area contributed by atoms with E-state index in [1.54, 1.807) is 0 Å². The molecule has 0 aliphatic carbocycles. The van der Waals surface area contributed by atoms with Crippen LogP contribution >= 0.6 is 0 Å². The molecule has 156 valence electrons. The Morgan fingerprint density at radius 3 is 2.57 bits per heavy atom. The normalized spacial score (nSPS) is 13.3. The summed E-state index contributed by atoms with van der Waals surface area (Å²) in [5.74, 6) is 2.37. The summed E-state index contributed by atoms with van der Waals surface area (Å²) in [6, 6.07) is 22.3. The lowest BCUT2D eigenvalue weighted by Gasteiger charge is -2.18. The number of aliphatic hydroxyl groups excluding tert-OH is 1. The maximum atomic E-state index is 9.77. The lowest BCUT2D eigenvalue weighted by Crippen LogP contribution is -2.27.